The van der Waals surface area contributed by atoms with E-state index in [0.717, 1.165) is 38.1 Å². The molecule has 0 spiro atoms. The number of hydrogen-bond donors (Lipinski definition) is 0. The minimum absolute atomic E-state index is 0.0323. The summed E-state index contributed by atoms with van der Waals surface area (Å²) < 4.78 is 22.9. The summed E-state index contributed by atoms with van der Waals surface area (Å²) in [5.41, 5.74) is 0. The third-order valence-corrected chi connectivity index (χ3v) is 6.45. The van der Waals surface area contributed by atoms with E-state index in [1.165, 1.54) is 6.92 Å². The van der Waals surface area contributed by atoms with Gasteiger partial charge in [-0.2, -0.15) is 0 Å². The molecule has 0 saturated heterocycles. The fourth-order valence-electron chi connectivity index (χ4n) is 2.53. The van der Waals surface area contributed by atoms with E-state index in [1.807, 2.05) is 20.8 Å². The van der Waals surface area contributed by atoms with E-state index >= 15 is 0 Å². The monoisotopic (exact) mass is 334 g/mol. The van der Waals surface area contributed by atoms with Crippen molar-refractivity contribution in [1.29, 1.82) is 0 Å². The van der Waals surface area contributed by atoms with Crippen LogP contribution in [0.4, 0.5) is 0 Å². The van der Waals surface area contributed by atoms with Crippen LogP contribution in [-0.2, 0) is 22.8 Å². The summed E-state index contributed by atoms with van der Waals surface area (Å²) in [6.07, 6.45) is 4.82. The fraction of sp³-hybridized carbons (Fsp3) is 0.938. The highest BCUT2D eigenvalue weighted by molar-refractivity contribution is 6.60. The predicted octanol–water partition coefficient (Wildman–Crippen LogP) is 3.94. The molecule has 0 rings (SSSR count). The number of ether oxygens (including phenoxy) is 1. The summed E-state index contributed by atoms with van der Waals surface area (Å²) in [7, 11) is -2.53. The Balaban J connectivity index is 4.31. The van der Waals surface area contributed by atoms with Crippen LogP contribution in [0.15, 0.2) is 0 Å². The van der Waals surface area contributed by atoms with Gasteiger partial charge in [0.15, 0.2) is 0 Å². The molecule has 0 aromatic carbocycles. The van der Waals surface area contributed by atoms with Crippen molar-refractivity contribution in [3.8, 4) is 0 Å². The Labute approximate surface area is 137 Å². The highest BCUT2D eigenvalue weighted by Gasteiger charge is 2.39. The van der Waals surface area contributed by atoms with Gasteiger partial charge in [-0.05, 0) is 46.5 Å². The SMILES string of the molecule is CCCC(CCCC[Si](OCC)(OCC)OCC)OC(C)=O. The van der Waals surface area contributed by atoms with E-state index < -0.39 is 8.80 Å². The number of hydrogen-bond acceptors (Lipinski definition) is 5. The van der Waals surface area contributed by atoms with Gasteiger partial charge in [-0.3, -0.25) is 4.79 Å². The molecule has 1 unspecified atom stereocenters. The maximum atomic E-state index is 11.1. The second-order valence-corrected chi connectivity index (χ2v) is 7.98. The third-order valence-electron chi connectivity index (χ3n) is 3.30. The molecule has 132 valence electrons. The molecular weight excluding hydrogens is 300 g/mol. The van der Waals surface area contributed by atoms with Crippen molar-refractivity contribution in [2.75, 3.05) is 19.8 Å². The van der Waals surface area contributed by atoms with E-state index in [-0.39, 0.29) is 12.1 Å². The van der Waals surface area contributed by atoms with Crippen molar-refractivity contribution in [1.82, 2.24) is 0 Å². The molecule has 5 nitrogen and oxygen atoms in total. The molecular formula is C16H34O5Si. The average Bonchev–Trinajstić information content (AvgIpc) is 2.44. The lowest BCUT2D eigenvalue weighted by Gasteiger charge is -2.28. The molecule has 0 aliphatic heterocycles. The van der Waals surface area contributed by atoms with Crippen LogP contribution < -0.4 is 0 Å². The lowest BCUT2D eigenvalue weighted by atomic mass is 10.1. The van der Waals surface area contributed by atoms with Crippen LogP contribution in [0.3, 0.4) is 0 Å². The molecule has 0 bridgehead atoms. The zero-order valence-electron chi connectivity index (χ0n) is 15.0. The van der Waals surface area contributed by atoms with Crippen LogP contribution in [0, 0.1) is 0 Å². The van der Waals surface area contributed by atoms with Gasteiger partial charge in [-0.15, -0.1) is 0 Å². The number of esters is 1. The highest BCUT2D eigenvalue weighted by atomic mass is 28.4. The second-order valence-electron chi connectivity index (χ2n) is 5.25. The van der Waals surface area contributed by atoms with Crippen molar-refractivity contribution in [2.45, 2.75) is 78.9 Å². The van der Waals surface area contributed by atoms with Gasteiger partial charge in [-0.25, -0.2) is 0 Å². The molecule has 22 heavy (non-hydrogen) atoms. The largest absolute Gasteiger partial charge is 0.500 e. The Bertz CT molecular complexity index is 269. The van der Waals surface area contributed by atoms with Crippen LogP contribution >= 0.6 is 0 Å². The van der Waals surface area contributed by atoms with Crippen molar-refractivity contribution >= 4 is 14.8 Å². The number of unbranched alkanes of at least 4 members (excludes halogenated alkanes) is 1. The van der Waals surface area contributed by atoms with Crippen molar-refractivity contribution in [3.63, 3.8) is 0 Å². The molecule has 0 aromatic rings. The van der Waals surface area contributed by atoms with Crippen LogP contribution in [-0.4, -0.2) is 40.7 Å². The molecule has 6 heteroatoms. The Morgan fingerprint density at radius 2 is 1.45 bits per heavy atom. The Kier molecular flexibility index (Phi) is 12.8. The molecule has 0 aromatic heterocycles. The number of carbonyl (C=O) groups excluding carboxylic acids is 1. The molecule has 1 atom stereocenters. The maximum Gasteiger partial charge on any atom is 0.500 e. The van der Waals surface area contributed by atoms with Crippen molar-refractivity contribution in [3.05, 3.63) is 0 Å². The molecule has 0 amide bonds. The van der Waals surface area contributed by atoms with E-state index in [2.05, 4.69) is 6.92 Å². The maximum absolute atomic E-state index is 11.1. The van der Waals surface area contributed by atoms with E-state index in [0.29, 0.717) is 19.8 Å². The summed E-state index contributed by atoms with van der Waals surface area (Å²) in [6.45, 7) is 11.3. The first-order valence-corrected chi connectivity index (χ1v) is 10.6. The van der Waals surface area contributed by atoms with E-state index in [1.54, 1.807) is 0 Å². The summed E-state index contributed by atoms with van der Waals surface area (Å²) >= 11 is 0. The van der Waals surface area contributed by atoms with E-state index in [9.17, 15) is 4.79 Å². The van der Waals surface area contributed by atoms with Crippen molar-refractivity contribution < 1.29 is 22.8 Å². The minimum Gasteiger partial charge on any atom is -0.463 e. The van der Waals surface area contributed by atoms with Gasteiger partial charge < -0.3 is 18.0 Å². The number of rotatable bonds is 14. The van der Waals surface area contributed by atoms with Crippen LogP contribution in [0.5, 0.6) is 0 Å². The third kappa shape index (κ3) is 9.56. The van der Waals surface area contributed by atoms with Gasteiger partial charge in [0.05, 0.1) is 0 Å². The molecule has 0 aliphatic rings. The normalized spacial score (nSPS) is 13.1. The molecule has 0 N–H and O–H groups in total. The zero-order chi connectivity index (χ0) is 16.8. The molecule has 0 saturated carbocycles. The summed E-state index contributed by atoms with van der Waals surface area (Å²) in [4.78, 5) is 11.1. The van der Waals surface area contributed by atoms with Crippen LogP contribution in [0.1, 0.15) is 66.7 Å². The van der Waals surface area contributed by atoms with Gasteiger partial charge in [0.1, 0.15) is 6.10 Å². The van der Waals surface area contributed by atoms with Gasteiger partial charge >= 0.3 is 14.8 Å². The summed E-state index contributed by atoms with van der Waals surface area (Å²) in [5, 5.41) is 0. The molecule has 0 heterocycles. The zero-order valence-corrected chi connectivity index (χ0v) is 16.0. The highest BCUT2D eigenvalue weighted by Crippen LogP contribution is 2.21. The van der Waals surface area contributed by atoms with Crippen LogP contribution in [0.25, 0.3) is 0 Å². The summed E-state index contributed by atoms with van der Waals surface area (Å²) in [5.74, 6) is -0.194. The van der Waals surface area contributed by atoms with Gasteiger partial charge in [0, 0.05) is 32.8 Å². The number of carbonyl (C=O) groups is 1. The summed E-state index contributed by atoms with van der Waals surface area (Å²) in [6, 6.07) is 0.821. The Morgan fingerprint density at radius 3 is 1.86 bits per heavy atom. The van der Waals surface area contributed by atoms with Gasteiger partial charge in [-0.1, -0.05) is 13.3 Å². The first-order chi connectivity index (χ1) is 10.5. The lowest BCUT2D eigenvalue weighted by Crippen LogP contribution is -2.45. The van der Waals surface area contributed by atoms with E-state index in [4.69, 9.17) is 18.0 Å². The lowest BCUT2D eigenvalue weighted by molar-refractivity contribution is -0.147. The smallest absolute Gasteiger partial charge is 0.463 e. The standard InChI is InChI=1S/C16H34O5Si/c1-6-12-16(21-15(5)17)13-10-11-14-22(18-7-2,19-8-3)20-9-4/h16H,6-14H2,1-5H3. The topological polar surface area (TPSA) is 54.0 Å². The molecule has 0 fully saturated rings. The van der Waals surface area contributed by atoms with Crippen LogP contribution in [0.2, 0.25) is 6.04 Å². The Morgan fingerprint density at radius 1 is 0.909 bits per heavy atom. The average molecular weight is 335 g/mol. The quantitative estimate of drug-likeness (QED) is 0.274. The Hall–Kier alpha value is -0.433. The molecule has 0 radical (unpaired) electrons. The first kappa shape index (κ1) is 21.6. The second kappa shape index (κ2) is 13.0. The van der Waals surface area contributed by atoms with Gasteiger partial charge in [0.2, 0.25) is 0 Å². The predicted molar refractivity (Wildman–Crippen MR) is 89.8 cm³/mol. The van der Waals surface area contributed by atoms with Gasteiger partial charge in [0.25, 0.3) is 0 Å². The minimum atomic E-state index is -2.53. The molecule has 0 aliphatic carbocycles. The fourth-order valence-corrected chi connectivity index (χ4v) is 5.22. The first-order valence-electron chi connectivity index (χ1n) is 8.62. The van der Waals surface area contributed by atoms with Crippen molar-refractivity contribution in [2.24, 2.45) is 0 Å².